The molecule has 0 bridgehead atoms. The topological polar surface area (TPSA) is 39.2 Å². The molecule has 0 spiro atoms. The van der Waals surface area contributed by atoms with Crippen LogP contribution in [0.3, 0.4) is 0 Å². The number of ketones is 1. The molecule has 3 nitrogen and oxygen atoms in total. The van der Waals surface area contributed by atoms with Gasteiger partial charge in [-0.1, -0.05) is 19.1 Å². The Kier molecular flexibility index (Phi) is 3.97. The Bertz CT molecular complexity index is 729. The summed E-state index contributed by atoms with van der Waals surface area (Å²) in [4.78, 5) is 15.9. The quantitative estimate of drug-likeness (QED) is 0.704. The molecule has 0 fully saturated rings. The Morgan fingerprint density at radius 2 is 1.90 bits per heavy atom. The number of fused-ring (bicyclic) bond motifs is 1. The lowest BCUT2D eigenvalue weighted by Gasteiger charge is -2.04. The third-order valence-corrected chi connectivity index (χ3v) is 4.27. The number of para-hydroxylation sites is 1. The van der Waals surface area contributed by atoms with Crippen LogP contribution in [0.15, 0.2) is 48.5 Å². The summed E-state index contributed by atoms with van der Waals surface area (Å²) >= 11 is 1.67. The minimum absolute atomic E-state index is 0.102. The molecule has 0 saturated heterocycles. The number of carbonyl (C=O) groups is 1. The number of ether oxygens (including phenoxy) is 1. The molecule has 0 saturated carbocycles. The summed E-state index contributed by atoms with van der Waals surface area (Å²) < 4.78 is 6.62. The maximum atomic E-state index is 11.2. The minimum atomic E-state index is 0.102. The molecule has 0 atom stereocenters. The van der Waals surface area contributed by atoms with Crippen molar-refractivity contribution in [2.24, 2.45) is 0 Å². The molecule has 4 heteroatoms. The summed E-state index contributed by atoms with van der Waals surface area (Å²) in [6.45, 7) is 1.97. The van der Waals surface area contributed by atoms with E-state index in [1.165, 1.54) is 4.70 Å². The molecule has 0 aliphatic heterocycles. The van der Waals surface area contributed by atoms with Crippen LogP contribution in [0, 0.1) is 0 Å². The summed E-state index contributed by atoms with van der Waals surface area (Å²) in [6.07, 6.45) is 0.504. The first-order valence-electron chi connectivity index (χ1n) is 6.87. The second-order valence-corrected chi connectivity index (χ2v) is 5.72. The van der Waals surface area contributed by atoms with Crippen LogP contribution in [0.2, 0.25) is 0 Å². The average molecular weight is 297 g/mol. The normalized spacial score (nSPS) is 10.7. The van der Waals surface area contributed by atoms with Crippen molar-refractivity contribution in [3.05, 3.63) is 48.5 Å². The Balaban J connectivity index is 1.78. The molecule has 0 aliphatic rings. The van der Waals surface area contributed by atoms with Crippen LogP contribution in [0.5, 0.6) is 5.75 Å². The SMILES string of the molecule is CCC(=O)COc1ccc(-c2nc3ccccc3s2)cc1. The fourth-order valence-electron chi connectivity index (χ4n) is 1.96. The predicted molar refractivity (Wildman–Crippen MR) is 85.8 cm³/mol. The highest BCUT2D eigenvalue weighted by atomic mass is 32.1. The van der Waals surface area contributed by atoms with Gasteiger partial charge >= 0.3 is 0 Å². The van der Waals surface area contributed by atoms with Crippen LogP contribution in [-0.2, 0) is 4.79 Å². The zero-order valence-electron chi connectivity index (χ0n) is 11.7. The van der Waals surface area contributed by atoms with E-state index in [0.717, 1.165) is 16.1 Å². The van der Waals surface area contributed by atoms with Gasteiger partial charge in [0, 0.05) is 12.0 Å². The van der Waals surface area contributed by atoms with Gasteiger partial charge in [0.1, 0.15) is 17.4 Å². The third kappa shape index (κ3) is 3.11. The lowest BCUT2D eigenvalue weighted by atomic mass is 10.2. The van der Waals surface area contributed by atoms with E-state index >= 15 is 0 Å². The highest BCUT2D eigenvalue weighted by molar-refractivity contribution is 7.21. The number of hydrogen-bond donors (Lipinski definition) is 0. The number of rotatable bonds is 5. The fourth-order valence-corrected chi connectivity index (χ4v) is 2.93. The number of benzene rings is 2. The van der Waals surface area contributed by atoms with Crippen molar-refractivity contribution in [3.8, 4) is 16.3 Å². The molecule has 0 unspecified atom stereocenters. The predicted octanol–water partition coefficient (Wildman–Crippen LogP) is 4.32. The van der Waals surface area contributed by atoms with E-state index in [-0.39, 0.29) is 12.4 Å². The lowest BCUT2D eigenvalue weighted by molar-refractivity contribution is -0.120. The van der Waals surface area contributed by atoms with Crippen LogP contribution >= 0.6 is 11.3 Å². The van der Waals surface area contributed by atoms with Gasteiger partial charge in [0.25, 0.3) is 0 Å². The van der Waals surface area contributed by atoms with Gasteiger partial charge in [-0.3, -0.25) is 4.79 Å². The first kappa shape index (κ1) is 13.8. The van der Waals surface area contributed by atoms with Crippen molar-refractivity contribution in [2.45, 2.75) is 13.3 Å². The number of aromatic nitrogens is 1. The van der Waals surface area contributed by atoms with Crippen LogP contribution < -0.4 is 4.74 Å². The standard InChI is InChI=1S/C17H15NO2S/c1-2-13(19)11-20-14-9-7-12(8-10-14)17-18-15-5-3-4-6-16(15)21-17/h3-10H,2,11H2,1H3. The van der Waals surface area contributed by atoms with Crippen molar-refractivity contribution >= 4 is 27.3 Å². The van der Waals surface area contributed by atoms with Crippen molar-refractivity contribution in [2.75, 3.05) is 6.61 Å². The van der Waals surface area contributed by atoms with E-state index in [4.69, 9.17) is 4.74 Å². The first-order chi connectivity index (χ1) is 10.3. The van der Waals surface area contributed by atoms with E-state index < -0.39 is 0 Å². The number of carbonyl (C=O) groups excluding carboxylic acids is 1. The smallest absolute Gasteiger partial charge is 0.169 e. The maximum Gasteiger partial charge on any atom is 0.169 e. The van der Waals surface area contributed by atoms with Crippen LogP contribution in [0.4, 0.5) is 0 Å². The second kappa shape index (κ2) is 6.06. The van der Waals surface area contributed by atoms with E-state index in [1.807, 2.05) is 49.4 Å². The van der Waals surface area contributed by atoms with Gasteiger partial charge in [-0.25, -0.2) is 4.98 Å². The average Bonchev–Trinajstić information content (AvgIpc) is 2.97. The number of nitrogens with zero attached hydrogens (tertiary/aromatic N) is 1. The molecule has 0 N–H and O–H groups in total. The molecule has 106 valence electrons. The van der Waals surface area contributed by atoms with Crippen LogP contribution in [0.25, 0.3) is 20.8 Å². The van der Waals surface area contributed by atoms with Gasteiger partial charge in [0.2, 0.25) is 0 Å². The van der Waals surface area contributed by atoms with E-state index in [1.54, 1.807) is 11.3 Å². The molecule has 0 radical (unpaired) electrons. The maximum absolute atomic E-state index is 11.2. The second-order valence-electron chi connectivity index (χ2n) is 4.69. The van der Waals surface area contributed by atoms with E-state index in [9.17, 15) is 4.79 Å². The van der Waals surface area contributed by atoms with E-state index in [0.29, 0.717) is 12.2 Å². The van der Waals surface area contributed by atoms with Crippen molar-refractivity contribution < 1.29 is 9.53 Å². The monoisotopic (exact) mass is 297 g/mol. The summed E-state index contributed by atoms with van der Waals surface area (Å²) in [5.74, 6) is 0.812. The third-order valence-electron chi connectivity index (χ3n) is 3.19. The minimum Gasteiger partial charge on any atom is -0.486 e. The van der Waals surface area contributed by atoms with Gasteiger partial charge in [-0.15, -0.1) is 11.3 Å². The Labute approximate surface area is 127 Å². The summed E-state index contributed by atoms with van der Waals surface area (Å²) in [6, 6.07) is 15.8. The van der Waals surface area contributed by atoms with Gasteiger partial charge in [0.05, 0.1) is 10.2 Å². The molecule has 0 amide bonds. The highest BCUT2D eigenvalue weighted by Gasteiger charge is 2.06. The Hall–Kier alpha value is -2.20. The van der Waals surface area contributed by atoms with Gasteiger partial charge in [0.15, 0.2) is 5.78 Å². The lowest BCUT2D eigenvalue weighted by Crippen LogP contribution is -2.09. The molecule has 0 aliphatic carbocycles. The van der Waals surface area contributed by atoms with Crippen molar-refractivity contribution in [1.82, 2.24) is 4.98 Å². The summed E-state index contributed by atoms with van der Waals surface area (Å²) in [7, 11) is 0. The molecule has 1 heterocycles. The highest BCUT2D eigenvalue weighted by Crippen LogP contribution is 2.30. The molecular formula is C17H15NO2S. The molecule has 3 aromatic rings. The summed E-state index contributed by atoms with van der Waals surface area (Å²) in [5.41, 5.74) is 2.08. The number of Topliss-reactive ketones (excluding diaryl/α,β-unsaturated/α-hetero) is 1. The molecular weight excluding hydrogens is 282 g/mol. The molecule has 2 aromatic carbocycles. The summed E-state index contributed by atoms with van der Waals surface area (Å²) in [5, 5.41) is 0.993. The zero-order valence-corrected chi connectivity index (χ0v) is 12.5. The van der Waals surface area contributed by atoms with Crippen LogP contribution in [0.1, 0.15) is 13.3 Å². The molecule has 1 aromatic heterocycles. The number of hydrogen-bond acceptors (Lipinski definition) is 4. The van der Waals surface area contributed by atoms with Gasteiger partial charge in [-0.2, -0.15) is 0 Å². The van der Waals surface area contributed by atoms with Crippen LogP contribution in [-0.4, -0.2) is 17.4 Å². The Morgan fingerprint density at radius 3 is 2.62 bits per heavy atom. The molecule has 21 heavy (non-hydrogen) atoms. The largest absolute Gasteiger partial charge is 0.486 e. The number of thiazole rings is 1. The Morgan fingerprint density at radius 1 is 1.14 bits per heavy atom. The molecule has 3 rings (SSSR count). The van der Waals surface area contributed by atoms with Crippen molar-refractivity contribution in [1.29, 1.82) is 0 Å². The van der Waals surface area contributed by atoms with Gasteiger partial charge < -0.3 is 4.74 Å². The van der Waals surface area contributed by atoms with Crippen molar-refractivity contribution in [3.63, 3.8) is 0 Å². The zero-order chi connectivity index (χ0) is 14.7. The van der Waals surface area contributed by atoms with Gasteiger partial charge in [-0.05, 0) is 36.4 Å². The van der Waals surface area contributed by atoms with E-state index in [2.05, 4.69) is 11.1 Å². The first-order valence-corrected chi connectivity index (χ1v) is 7.68. The fraction of sp³-hybridized carbons (Fsp3) is 0.176.